The summed E-state index contributed by atoms with van der Waals surface area (Å²) >= 11 is 0. The fraction of sp³-hybridized carbons (Fsp3) is 0.0435. The average Bonchev–Trinajstić information content (AvgIpc) is 3.42. The fourth-order valence-corrected chi connectivity index (χ4v) is 3.43. The Morgan fingerprint density at radius 2 is 1.74 bits per heavy atom. The van der Waals surface area contributed by atoms with Crippen LogP contribution in [0.15, 0.2) is 82.1 Å². The van der Waals surface area contributed by atoms with Gasteiger partial charge in [-0.15, -0.1) is 0 Å². The van der Waals surface area contributed by atoms with Gasteiger partial charge in [0, 0.05) is 5.56 Å². The first-order valence-corrected chi connectivity index (χ1v) is 9.92. The highest BCUT2D eigenvalue weighted by atomic mass is 19.4. The van der Waals surface area contributed by atoms with Crippen molar-refractivity contribution in [2.45, 2.75) is 6.18 Å². The standard InChI is InChI=1S/C23H14F3N5O3/c24-23(25,26)19-18(34-21(30-19)13-6-2-1-3-7-13)20(32)28-14-10-11-17(27-12-14)31-16-9-5-4-8-15(16)29-22(31)33/h1-12H,(H,28,32)(H,29,33). The van der Waals surface area contributed by atoms with Crippen LogP contribution in [0, 0.1) is 0 Å². The molecule has 2 aromatic carbocycles. The lowest BCUT2D eigenvalue weighted by Gasteiger charge is -2.07. The maximum atomic E-state index is 13.5. The van der Waals surface area contributed by atoms with E-state index in [0.717, 1.165) is 0 Å². The number of amides is 1. The van der Waals surface area contributed by atoms with E-state index in [0.29, 0.717) is 16.6 Å². The number of nitrogens with zero attached hydrogens (tertiary/aromatic N) is 3. The summed E-state index contributed by atoms with van der Waals surface area (Å²) in [6, 6.07) is 17.8. The summed E-state index contributed by atoms with van der Waals surface area (Å²) in [6.45, 7) is 0. The molecule has 1 amide bonds. The molecule has 0 saturated carbocycles. The number of carbonyl (C=O) groups is 1. The van der Waals surface area contributed by atoms with Crippen LogP contribution in [0.25, 0.3) is 28.3 Å². The first kappa shape index (κ1) is 21.2. The molecule has 3 heterocycles. The summed E-state index contributed by atoms with van der Waals surface area (Å²) in [4.78, 5) is 35.3. The predicted molar refractivity (Wildman–Crippen MR) is 117 cm³/mol. The maximum Gasteiger partial charge on any atom is 0.437 e. The van der Waals surface area contributed by atoms with E-state index in [9.17, 15) is 22.8 Å². The Kier molecular flexibility index (Phi) is 5.01. The van der Waals surface area contributed by atoms with E-state index in [1.54, 1.807) is 42.5 Å². The first-order chi connectivity index (χ1) is 16.3. The number of para-hydroxylation sites is 2. The molecule has 5 aromatic rings. The van der Waals surface area contributed by atoms with Gasteiger partial charge in [-0.05, 0) is 36.4 Å². The number of pyridine rings is 1. The molecule has 0 atom stereocenters. The van der Waals surface area contributed by atoms with Gasteiger partial charge in [-0.1, -0.05) is 30.3 Å². The number of carbonyl (C=O) groups excluding carboxylic acids is 1. The third-order valence-electron chi connectivity index (χ3n) is 4.95. The van der Waals surface area contributed by atoms with Crippen molar-refractivity contribution in [2.24, 2.45) is 0 Å². The molecule has 3 aromatic heterocycles. The van der Waals surface area contributed by atoms with Crippen molar-refractivity contribution in [2.75, 3.05) is 5.32 Å². The minimum absolute atomic E-state index is 0.104. The van der Waals surface area contributed by atoms with Crippen LogP contribution in [0.4, 0.5) is 18.9 Å². The molecule has 0 saturated heterocycles. The second-order valence-electron chi connectivity index (χ2n) is 7.20. The second-order valence-corrected chi connectivity index (χ2v) is 7.20. The van der Waals surface area contributed by atoms with Crippen molar-refractivity contribution in [3.8, 4) is 17.3 Å². The normalized spacial score (nSPS) is 11.6. The summed E-state index contributed by atoms with van der Waals surface area (Å²) in [6.07, 6.45) is -3.68. The van der Waals surface area contributed by atoms with E-state index in [2.05, 4.69) is 20.3 Å². The van der Waals surface area contributed by atoms with Crippen LogP contribution in [0.3, 0.4) is 0 Å². The number of aromatic nitrogens is 4. The Balaban J connectivity index is 1.44. The van der Waals surface area contributed by atoms with Crippen molar-refractivity contribution < 1.29 is 22.4 Å². The topological polar surface area (TPSA) is 106 Å². The van der Waals surface area contributed by atoms with E-state index in [4.69, 9.17) is 4.42 Å². The quantitative estimate of drug-likeness (QED) is 0.402. The van der Waals surface area contributed by atoms with Gasteiger partial charge < -0.3 is 14.7 Å². The molecule has 0 spiro atoms. The molecule has 0 aliphatic carbocycles. The van der Waals surface area contributed by atoms with Crippen LogP contribution in [-0.4, -0.2) is 25.4 Å². The summed E-state index contributed by atoms with van der Waals surface area (Å²) in [7, 11) is 0. The molecule has 0 unspecified atom stereocenters. The summed E-state index contributed by atoms with van der Waals surface area (Å²) in [5.74, 6) is -2.17. The lowest BCUT2D eigenvalue weighted by Crippen LogP contribution is -2.18. The SMILES string of the molecule is O=C(Nc1ccc(-n2c(=O)[nH]c3ccccc32)nc1)c1oc(-c2ccccc2)nc1C(F)(F)F. The molecule has 0 bridgehead atoms. The molecule has 11 heteroatoms. The molecule has 34 heavy (non-hydrogen) atoms. The van der Waals surface area contributed by atoms with Crippen LogP contribution in [0.5, 0.6) is 0 Å². The number of hydrogen-bond acceptors (Lipinski definition) is 5. The van der Waals surface area contributed by atoms with Crippen LogP contribution in [0.2, 0.25) is 0 Å². The van der Waals surface area contributed by atoms with Gasteiger partial charge in [-0.25, -0.2) is 19.3 Å². The number of halogens is 3. The van der Waals surface area contributed by atoms with Gasteiger partial charge >= 0.3 is 11.9 Å². The summed E-state index contributed by atoms with van der Waals surface area (Å²) < 4.78 is 47.0. The van der Waals surface area contributed by atoms with E-state index in [-0.39, 0.29) is 17.4 Å². The largest absolute Gasteiger partial charge is 0.437 e. The third kappa shape index (κ3) is 3.83. The van der Waals surface area contributed by atoms with Gasteiger partial charge in [-0.2, -0.15) is 13.2 Å². The van der Waals surface area contributed by atoms with Gasteiger partial charge in [-0.3, -0.25) is 4.79 Å². The number of fused-ring (bicyclic) bond motifs is 1. The molecule has 0 aliphatic heterocycles. The van der Waals surface area contributed by atoms with Crippen molar-refractivity contribution >= 4 is 22.6 Å². The number of aromatic amines is 1. The zero-order valence-corrected chi connectivity index (χ0v) is 17.1. The monoisotopic (exact) mass is 465 g/mol. The second kappa shape index (κ2) is 8.03. The van der Waals surface area contributed by atoms with E-state index in [1.165, 1.54) is 35.0 Å². The van der Waals surface area contributed by atoms with E-state index >= 15 is 0 Å². The van der Waals surface area contributed by atoms with Gasteiger partial charge in [0.05, 0.1) is 22.9 Å². The number of benzene rings is 2. The fourth-order valence-electron chi connectivity index (χ4n) is 3.43. The molecule has 0 radical (unpaired) electrons. The molecule has 2 N–H and O–H groups in total. The number of anilines is 1. The number of hydrogen-bond donors (Lipinski definition) is 2. The Labute approximate surface area is 188 Å². The number of imidazole rings is 1. The molecular formula is C23H14F3N5O3. The summed E-state index contributed by atoms with van der Waals surface area (Å²) in [5.41, 5.74) is -0.226. The zero-order chi connectivity index (χ0) is 23.9. The molecule has 8 nitrogen and oxygen atoms in total. The van der Waals surface area contributed by atoms with Crippen molar-refractivity contribution in [3.63, 3.8) is 0 Å². The predicted octanol–water partition coefficient (Wildman–Crippen LogP) is 4.64. The van der Waals surface area contributed by atoms with Crippen LogP contribution >= 0.6 is 0 Å². The zero-order valence-electron chi connectivity index (χ0n) is 17.1. The lowest BCUT2D eigenvalue weighted by molar-refractivity contribution is -0.141. The Bertz CT molecular complexity index is 1550. The van der Waals surface area contributed by atoms with Gasteiger partial charge in [0.2, 0.25) is 11.7 Å². The van der Waals surface area contributed by atoms with E-state index in [1.807, 2.05) is 0 Å². The smallest absolute Gasteiger partial charge is 0.430 e. The number of rotatable bonds is 4. The van der Waals surface area contributed by atoms with Crippen LogP contribution in [0.1, 0.15) is 16.2 Å². The number of alkyl halides is 3. The molecule has 0 fully saturated rings. The minimum Gasteiger partial charge on any atom is -0.430 e. The highest BCUT2D eigenvalue weighted by molar-refractivity contribution is 6.03. The number of oxazole rings is 1. The van der Waals surface area contributed by atoms with Crippen molar-refractivity contribution in [1.29, 1.82) is 0 Å². The molecule has 170 valence electrons. The Morgan fingerprint density at radius 1 is 1.00 bits per heavy atom. The molecule has 0 aliphatic rings. The Morgan fingerprint density at radius 3 is 2.44 bits per heavy atom. The highest BCUT2D eigenvalue weighted by Crippen LogP contribution is 2.34. The third-order valence-corrected chi connectivity index (χ3v) is 4.95. The lowest BCUT2D eigenvalue weighted by atomic mass is 10.2. The van der Waals surface area contributed by atoms with Gasteiger partial charge in [0.25, 0.3) is 5.91 Å². The molecule has 5 rings (SSSR count). The summed E-state index contributed by atoms with van der Waals surface area (Å²) in [5, 5.41) is 2.33. The Hall–Kier alpha value is -4.67. The van der Waals surface area contributed by atoms with E-state index < -0.39 is 29.2 Å². The van der Waals surface area contributed by atoms with Crippen molar-refractivity contribution in [3.05, 3.63) is 94.9 Å². The highest BCUT2D eigenvalue weighted by Gasteiger charge is 2.41. The van der Waals surface area contributed by atoms with Crippen molar-refractivity contribution in [1.82, 2.24) is 19.5 Å². The molecular weight excluding hydrogens is 451 g/mol. The minimum atomic E-state index is -4.90. The van der Waals surface area contributed by atoms with Gasteiger partial charge in [0.1, 0.15) is 5.82 Å². The number of H-pyrrole nitrogens is 1. The number of nitrogens with one attached hydrogen (secondary N) is 2. The first-order valence-electron chi connectivity index (χ1n) is 9.92. The average molecular weight is 465 g/mol. The van der Waals surface area contributed by atoms with Crippen LogP contribution < -0.4 is 11.0 Å². The maximum absolute atomic E-state index is 13.5. The van der Waals surface area contributed by atoms with Crippen LogP contribution in [-0.2, 0) is 6.18 Å². The van der Waals surface area contributed by atoms with Gasteiger partial charge in [0.15, 0.2) is 5.69 Å².